The predicted octanol–water partition coefficient (Wildman–Crippen LogP) is 5.13. The Labute approximate surface area is 187 Å². The first-order valence-corrected chi connectivity index (χ1v) is 11.6. The van der Waals surface area contributed by atoms with Gasteiger partial charge in [0, 0.05) is 35.2 Å². The third kappa shape index (κ3) is 2.45. The lowest BCUT2D eigenvalue weighted by Gasteiger charge is -2.38. The molecule has 3 nitrogen and oxygen atoms in total. The highest BCUT2D eigenvalue weighted by Crippen LogP contribution is 2.53. The Hall–Kier alpha value is -3.35. The normalized spacial score (nSPS) is 28.4. The fourth-order valence-corrected chi connectivity index (χ4v) is 6.46. The number of hydrogen-bond acceptors (Lipinski definition) is 3. The first kappa shape index (κ1) is 18.2. The summed E-state index contributed by atoms with van der Waals surface area (Å²) >= 11 is 0. The zero-order valence-corrected chi connectivity index (χ0v) is 17.8. The summed E-state index contributed by atoms with van der Waals surface area (Å²) in [5.74, 6) is 6.74. The van der Waals surface area contributed by atoms with Crippen molar-refractivity contribution in [2.75, 3.05) is 6.54 Å². The molecule has 3 atom stereocenters. The van der Waals surface area contributed by atoms with E-state index >= 15 is 0 Å². The van der Waals surface area contributed by atoms with Gasteiger partial charge in [0.2, 0.25) is 0 Å². The molecule has 0 N–H and O–H groups in total. The van der Waals surface area contributed by atoms with Gasteiger partial charge in [0.05, 0.1) is 6.04 Å². The Morgan fingerprint density at radius 2 is 1.78 bits per heavy atom. The van der Waals surface area contributed by atoms with Crippen molar-refractivity contribution >= 4 is 27.5 Å². The van der Waals surface area contributed by atoms with Gasteiger partial charge < -0.3 is 4.74 Å². The second kappa shape index (κ2) is 6.58. The van der Waals surface area contributed by atoms with Crippen molar-refractivity contribution in [2.45, 2.75) is 43.4 Å². The Balaban J connectivity index is 1.38. The van der Waals surface area contributed by atoms with Gasteiger partial charge in [-0.3, -0.25) is 4.90 Å². The number of carbonyl (C=O) groups excluding carboxylic acids is 1. The molecule has 1 unspecified atom stereocenters. The van der Waals surface area contributed by atoms with E-state index in [1.54, 1.807) is 6.08 Å². The SMILES string of the molecule is O=C1C=C2C(C#Cc3cc4ccccc4c4ccccc34)=CC3C[C@@]2(O1)[C@H]1CCCCN31. The average molecular weight is 418 g/mol. The second-order valence-electron chi connectivity index (χ2n) is 9.41. The van der Waals surface area contributed by atoms with Crippen LogP contribution in [0.5, 0.6) is 0 Å². The molecule has 2 bridgehead atoms. The number of benzene rings is 3. The fourth-order valence-electron chi connectivity index (χ4n) is 6.46. The number of piperidine rings is 1. The minimum atomic E-state index is -0.494. The smallest absolute Gasteiger partial charge is 0.332 e. The molecule has 1 aliphatic carbocycles. The van der Waals surface area contributed by atoms with Crippen LogP contribution >= 0.6 is 0 Å². The summed E-state index contributed by atoms with van der Waals surface area (Å²) in [4.78, 5) is 15.0. The lowest BCUT2D eigenvalue weighted by atomic mass is 9.77. The van der Waals surface area contributed by atoms with Crippen LogP contribution in [0.4, 0.5) is 0 Å². The van der Waals surface area contributed by atoms with E-state index in [-0.39, 0.29) is 12.0 Å². The summed E-state index contributed by atoms with van der Waals surface area (Å²) in [5, 5.41) is 4.83. The number of hydrogen-bond donors (Lipinski definition) is 0. The van der Waals surface area contributed by atoms with E-state index < -0.39 is 5.60 Å². The Morgan fingerprint density at radius 1 is 0.969 bits per heavy atom. The van der Waals surface area contributed by atoms with Crippen LogP contribution in [-0.4, -0.2) is 35.1 Å². The number of fused-ring (bicyclic) bond motifs is 6. The third-order valence-electron chi connectivity index (χ3n) is 7.77. The lowest BCUT2D eigenvalue weighted by molar-refractivity contribution is -0.148. The maximum absolute atomic E-state index is 12.4. The van der Waals surface area contributed by atoms with Gasteiger partial charge in [0.25, 0.3) is 0 Å². The molecule has 0 radical (unpaired) electrons. The zero-order valence-electron chi connectivity index (χ0n) is 17.8. The van der Waals surface area contributed by atoms with Gasteiger partial charge in [0.1, 0.15) is 0 Å². The van der Waals surface area contributed by atoms with Crippen molar-refractivity contribution in [3.63, 3.8) is 0 Å². The highest BCUT2D eigenvalue weighted by atomic mass is 16.6. The molecule has 2 saturated heterocycles. The van der Waals surface area contributed by atoms with Gasteiger partial charge in [-0.2, -0.15) is 0 Å². The average Bonchev–Trinajstić information content (AvgIpc) is 3.31. The number of nitrogens with zero attached hydrogens (tertiary/aromatic N) is 1. The van der Waals surface area contributed by atoms with E-state index in [2.05, 4.69) is 77.4 Å². The quantitative estimate of drug-likeness (QED) is 0.288. The molecule has 156 valence electrons. The first-order chi connectivity index (χ1) is 15.7. The molecular weight excluding hydrogens is 394 g/mol. The molecular formula is C29H23NO2. The molecule has 7 rings (SSSR count). The number of rotatable bonds is 0. The zero-order chi connectivity index (χ0) is 21.3. The van der Waals surface area contributed by atoms with Crippen molar-refractivity contribution < 1.29 is 9.53 Å². The van der Waals surface area contributed by atoms with Crippen LogP contribution in [0, 0.1) is 11.8 Å². The lowest BCUT2D eigenvalue weighted by Crippen LogP contribution is -2.48. The molecule has 2 fully saturated rings. The second-order valence-corrected chi connectivity index (χ2v) is 9.41. The van der Waals surface area contributed by atoms with Crippen LogP contribution in [0.3, 0.4) is 0 Å². The van der Waals surface area contributed by atoms with Crippen LogP contribution in [-0.2, 0) is 9.53 Å². The molecule has 1 spiro atoms. The topological polar surface area (TPSA) is 29.5 Å². The molecule has 32 heavy (non-hydrogen) atoms. The van der Waals surface area contributed by atoms with Gasteiger partial charge in [-0.15, -0.1) is 0 Å². The standard InChI is InChI=1S/C29H23NO2/c31-28-17-26-21(16-22-18-29(26,32-28)27-11-5-6-14-30(22)27)13-12-20-15-19-7-1-2-8-23(19)25-10-4-3-9-24(20)25/h1-4,7-10,15-17,22,27H,5-6,11,14,18H2/t22?,27-,29+/m1/s1. The van der Waals surface area contributed by atoms with Crippen molar-refractivity contribution in [3.8, 4) is 11.8 Å². The van der Waals surface area contributed by atoms with E-state index in [0.29, 0.717) is 6.04 Å². The monoisotopic (exact) mass is 417 g/mol. The molecule has 4 aliphatic rings. The largest absolute Gasteiger partial charge is 0.449 e. The maximum Gasteiger partial charge on any atom is 0.332 e. The summed E-state index contributed by atoms with van der Waals surface area (Å²) in [6.07, 6.45) is 8.36. The van der Waals surface area contributed by atoms with Crippen LogP contribution in [0.15, 0.2) is 77.9 Å². The van der Waals surface area contributed by atoms with Gasteiger partial charge >= 0.3 is 5.97 Å². The fraction of sp³-hybridized carbons (Fsp3) is 0.276. The van der Waals surface area contributed by atoms with Crippen LogP contribution < -0.4 is 0 Å². The Kier molecular flexibility index (Phi) is 3.75. The molecule has 3 heteroatoms. The molecule has 0 aromatic heterocycles. The van der Waals surface area contributed by atoms with E-state index in [9.17, 15) is 4.79 Å². The highest BCUT2D eigenvalue weighted by molar-refractivity contribution is 6.10. The maximum atomic E-state index is 12.4. The molecule has 0 amide bonds. The minimum absolute atomic E-state index is 0.211. The van der Waals surface area contributed by atoms with E-state index in [0.717, 1.165) is 41.5 Å². The molecule has 3 heterocycles. The summed E-state index contributed by atoms with van der Waals surface area (Å²) in [7, 11) is 0. The van der Waals surface area contributed by atoms with E-state index in [1.165, 1.54) is 29.0 Å². The predicted molar refractivity (Wildman–Crippen MR) is 126 cm³/mol. The Morgan fingerprint density at radius 3 is 2.69 bits per heavy atom. The van der Waals surface area contributed by atoms with Crippen LogP contribution in [0.2, 0.25) is 0 Å². The summed E-state index contributed by atoms with van der Waals surface area (Å²) in [6.45, 7) is 1.08. The van der Waals surface area contributed by atoms with Crippen molar-refractivity contribution in [3.05, 3.63) is 83.5 Å². The van der Waals surface area contributed by atoms with Gasteiger partial charge in [-0.1, -0.05) is 72.9 Å². The number of ether oxygens (including phenoxy) is 1. The van der Waals surface area contributed by atoms with Crippen molar-refractivity contribution in [1.82, 2.24) is 4.90 Å². The first-order valence-electron chi connectivity index (χ1n) is 11.6. The molecule has 0 saturated carbocycles. The number of carbonyl (C=O) groups is 1. The van der Waals surface area contributed by atoms with Gasteiger partial charge in [0.15, 0.2) is 5.60 Å². The van der Waals surface area contributed by atoms with Crippen LogP contribution in [0.1, 0.15) is 31.2 Å². The third-order valence-corrected chi connectivity index (χ3v) is 7.77. The summed E-state index contributed by atoms with van der Waals surface area (Å²) < 4.78 is 6.04. The minimum Gasteiger partial charge on any atom is -0.449 e. The number of esters is 1. The molecule has 3 aromatic rings. The summed E-state index contributed by atoms with van der Waals surface area (Å²) in [6, 6.07) is 19.7. The van der Waals surface area contributed by atoms with E-state index in [4.69, 9.17) is 4.74 Å². The summed E-state index contributed by atoms with van der Waals surface area (Å²) in [5.41, 5.74) is 2.51. The highest BCUT2D eigenvalue weighted by Gasteiger charge is 2.61. The van der Waals surface area contributed by atoms with E-state index in [1.807, 2.05) is 0 Å². The van der Waals surface area contributed by atoms with Crippen molar-refractivity contribution in [1.29, 1.82) is 0 Å². The van der Waals surface area contributed by atoms with Crippen LogP contribution in [0.25, 0.3) is 21.5 Å². The van der Waals surface area contributed by atoms with Gasteiger partial charge in [-0.05, 0) is 47.0 Å². The molecule has 3 aliphatic heterocycles. The van der Waals surface area contributed by atoms with Crippen molar-refractivity contribution in [2.24, 2.45) is 0 Å². The molecule has 3 aromatic carbocycles. The Bertz CT molecular complexity index is 1440. The van der Waals surface area contributed by atoms with Gasteiger partial charge in [-0.25, -0.2) is 4.79 Å².